The third-order valence-electron chi connectivity index (χ3n) is 4.04. The summed E-state index contributed by atoms with van der Waals surface area (Å²) in [5.41, 5.74) is 0.871. The number of hydrogen-bond acceptors (Lipinski definition) is 4. The lowest BCUT2D eigenvalue weighted by atomic mass is 10.2. The lowest BCUT2D eigenvalue weighted by molar-refractivity contribution is -0.140. The van der Waals surface area contributed by atoms with E-state index in [1.54, 1.807) is 6.20 Å². The fourth-order valence-corrected chi connectivity index (χ4v) is 2.82. The van der Waals surface area contributed by atoms with E-state index in [1.165, 1.54) is 0 Å². The van der Waals surface area contributed by atoms with Gasteiger partial charge in [-0.15, -0.1) is 0 Å². The van der Waals surface area contributed by atoms with Crippen molar-refractivity contribution in [3.8, 4) is 5.75 Å². The van der Waals surface area contributed by atoms with Crippen LogP contribution in [0.2, 0.25) is 0 Å². The summed E-state index contributed by atoms with van der Waals surface area (Å²) in [5.74, 6) is 0.740. The number of piperazine rings is 1. The molecule has 1 saturated heterocycles. The molecule has 0 spiro atoms. The second kappa shape index (κ2) is 6.32. The Bertz CT molecular complexity index is 669. The number of carbonyl (C=O) groups is 1. The highest BCUT2D eigenvalue weighted by Gasteiger charge is 2.28. The normalized spacial score (nSPS) is 19.9. The van der Waals surface area contributed by atoms with Crippen molar-refractivity contribution in [2.24, 2.45) is 0 Å². The average Bonchev–Trinajstić information content (AvgIpc) is 2.55. The maximum atomic E-state index is 12.6. The van der Waals surface area contributed by atoms with Crippen molar-refractivity contribution in [2.45, 2.75) is 26.0 Å². The Kier molecular flexibility index (Phi) is 4.24. The highest BCUT2D eigenvalue weighted by Crippen LogP contribution is 2.25. The van der Waals surface area contributed by atoms with Gasteiger partial charge in [0.2, 0.25) is 0 Å². The summed E-state index contributed by atoms with van der Waals surface area (Å²) in [7, 11) is 0. The Hall–Kier alpha value is -2.14. The zero-order chi connectivity index (χ0) is 15.5. The molecule has 2 heterocycles. The number of ether oxygens (including phenoxy) is 1. The molecule has 1 aromatic carbocycles. The first-order chi connectivity index (χ1) is 10.7. The molecule has 3 rings (SSSR count). The molecule has 1 fully saturated rings. The van der Waals surface area contributed by atoms with Crippen LogP contribution >= 0.6 is 0 Å². The summed E-state index contributed by atoms with van der Waals surface area (Å²) < 4.78 is 5.94. The topological polar surface area (TPSA) is 54.5 Å². The van der Waals surface area contributed by atoms with Gasteiger partial charge in [0.1, 0.15) is 5.75 Å². The Morgan fingerprint density at radius 2 is 2.27 bits per heavy atom. The lowest BCUT2D eigenvalue weighted by Gasteiger charge is -2.35. The van der Waals surface area contributed by atoms with E-state index in [4.69, 9.17) is 4.74 Å². The first-order valence-corrected chi connectivity index (χ1v) is 7.68. The molecule has 0 radical (unpaired) electrons. The van der Waals surface area contributed by atoms with Crippen molar-refractivity contribution in [1.29, 1.82) is 0 Å². The molecule has 5 nitrogen and oxygen atoms in total. The van der Waals surface area contributed by atoms with Crippen LogP contribution in [0.4, 0.5) is 0 Å². The van der Waals surface area contributed by atoms with Gasteiger partial charge in [0.25, 0.3) is 5.91 Å². The molecule has 0 bridgehead atoms. The molecule has 0 saturated carbocycles. The zero-order valence-electron chi connectivity index (χ0n) is 13.0. The van der Waals surface area contributed by atoms with Crippen molar-refractivity contribution in [1.82, 2.24) is 15.2 Å². The molecule has 2 aromatic rings. The van der Waals surface area contributed by atoms with E-state index in [1.807, 2.05) is 42.2 Å². The molecule has 1 aliphatic heterocycles. The molecular formula is C17H21N3O2. The van der Waals surface area contributed by atoms with Crippen LogP contribution < -0.4 is 10.1 Å². The van der Waals surface area contributed by atoms with Gasteiger partial charge in [0, 0.05) is 37.3 Å². The number of carbonyl (C=O) groups excluding carboxylic acids is 1. The number of nitrogens with one attached hydrogen (secondary N) is 1. The summed E-state index contributed by atoms with van der Waals surface area (Å²) in [6, 6.07) is 9.75. The predicted octanol–water partition coefficient (Wildman–Crippen LogP) is 1.82. The van der Waals surface area contributed by atoms with Crippen molar-refractivity contribution in [2.75, 3.05) is 19.6 Å². The molecule has 2 atom stereocenters. The summed E-state index contributed by atoms with van der Waals surface area (Å²) in [5, 5.41) is 4.22. The van der Waals surface area contributed by atoms with Gasteiger partial charge in [-0.3, -0.25) is 9.78 Å². The zero-order valence-corrected chi connectivity index (χ0v) is 13.0. The number of hydrogen-bond donors (Lipinski definition) is 1. The lowest BCUT2D eigenvalue weighted by Crippen LogP contribution is -2.55. The monoisotopic (exact) mass is 299 g/mol. The summed E-state index contributed by atoms with van der Waals surface area (Å²) in [4.78, 5) is 18.8. The van der Waals surface area contributed by atoms with Crippen LogP contribution in [0.3, 0.4) is 0 Å². The van der Waals surface area contributed by atoms with E-state index >= 15 is 0 Å². The number of rotatable bonds is 3. The molecular weight excluding hydrogens is 278 g/mol. The Morgan fingerprint density at radius 1 is 1.41 bits per heavy atom. The van der Waals surface area contributed by atoms with Crippen molar-refractivity contribution < 1.29 is 9.53 Å². The Labute approximate surface area is 130 Å². The van der Waals surface area contributed by atoms with Gasteiger partial charge in [-0.05, 0) is 38.1 Å². The van der Waals surface area contributed by atoms with E-state index in [9.17, 15) is 4.79 Å². The fraction of sp³-hybridized carbons (Fsp3) is 0.412. The minimum atomic E-state index is -0.508. The quantitative estimate of drug-likeness (QED) is 0.939. The van der Waals surface area contributed by atoms with Crippen LogP contribution in [0.25, 0.3) is 10.9 Å². The van der Waals surface area contributed by atoms with Gasteiger partial charge in [-0.25, -0.2) is 0 Å². The highest BCUT2D eigenvalue weighted by atomic mass is 16.5. The van der Waals surface area contributed by atoms with Crippen LogP contribution in [0, 0.1) is 0 Å². The van der Waals surface area contributed by atoms with Crippen molar-refractivity contribution >= 4 is 16.8 Å². The van der Waals surface area contributed by atoms with Gasteiger partial charge in [-0.1, -0.05) is 6.07 Å². The number of aromatic nitrogens is 1. The van der Waals surface area contributed by atoms with E-state index in [0.717, 1.165) is 30.5 Å². The van der Waals surface area contributed by atoms with Crippen LogP contribution in [0.15, 0.2) is 36.5 Å². The van der Waals surface area contributed by atoms with Crippen LogP contribution in [-0.4, -0.2) is 47.6 Å². The first-order valence-electron chi connectivity index (χ1n) is 7.68. The second-order valence-electron chi connectivity index (χ2n) is 5.67. The largest absolute Gasteiger partial charge is 0.480 e. The van der Waals surface area contributed by atoms with E-state index in [0.29, 0.717) is 5.75 Å². The molecule has 0 aliphatic carbocycles. The summed E-state index contributed by atoms with van der Waals surface area (Å²) in [6.07, 6.45) is 1.25. The number of nitrogens with zero attached hydrogens (tertiary/aromatic N) is 2. The average molecular weight is 299 g/mol. The second-order valence-corrected chi connectivity index (χ2v) is 5.67. The summed E-state index contributed by atoms with van der Waals surface area (Å²) in [6.45, 7) is 6.26. The van der Waals surface area contributed by atoms with Gasteiger partial charge < -0.3 is 15.0 Å². The maximum absolute atomic E-state index is 12.6. The third-order valence-corrected chi connectivity index (χ3v) is 4.04. The SMILES string of the molecule is CC(Oc1cccc2ncccc12)C(=O)N1CCNCC1C. The number of pyridine rings is 1. The van der Waals surface area contributed by atoms with E-state index in [-0.39, 0.29) is 11.9 Å². The van der Waals surface area contributed by atoms with Gasteiger partial charge in [-0.2, -0.15) is 0 Å². The fourth-order valence-electron chi connectivity index (χ4n) is 2.82. The minimum absolute atomic E-state index is 0.0369. The first kappa shape index (κ1) is 14.8. The van der Waals surface area contributed by atoms with Crippen LogP contribution in [-0.2, 0) is 4.79 Å². The molecule has 1 aromatic heterocycles. The van der Waals surface area contributed by atoms with Gasteiger partial charge in [0.05, 0.1) is 5.52 Å². The van der Waals surface area contributed by atoms with Crippen LogP contribution in [0.5, 0.6) is 5.75 Å². The van der Waals surface area contributed by atoms with Gasteiger partial charge in [0.15, 0.2) is 6.10 Å². The third kappa shape index (κ3) is 2.90. The minimum Gasteiger partial charge on any atom is -0.480 e. The Balaban J connectivity index is 1.78. The standard InChI is InChI=1S/C17H21N3O2/c1-12-11-18-9-10-20(12)17(21)13(2)22-16-7-3-6-15-14(16)5-4-8-19-15/h3-8,12-13,18H,9-11H2,1-2H3. The van der Waals surface area contributed by atoms with E-state index in [2.05, 4.69) is 17.2 Å². The number of benzene rings is 1. The molecule has 22 heavy (non-hydrogen) atoms. The van der Waals surface area contributed by atoms with E-state index < -0.39 is 6.10 Å². The van der Waals surface area contributed by atoms with Crippen molar-refractivity contribution in [3.63, 3.8) is 0 Å². The molecule has 1 amide bonds. The molecule has 2 unspecified atom stereocenters. The van der Waals surface area contributed by atoms with Crippen LogP contribution in [0.1, 0.15) is 13.8 Å². The molecule has 1 N–H and O–H groups in total. The number of amides is 1. The highest BCUT2D eigenvalue weighted by molar-refractivity contribution is 5.86. The smallest absolute Gasteiger partial charge is 0.263 e. The maximum Gasteiger partial charge on any atom is 0.263 e. The summed E-state index contributed by atoms with van der Waals surface area (Å²) >= 11 is 0. The van der Waals surface area contributed by atoms with Crippen molar-refractivity contribution in [3.05, 3.63) is 36.5 Å². The molecule has 116 valence electrons. The molecule has 1 aliphatic rings. The number of fused-ring (bicyclic) bond motifs is 1. The predicted molar refractivity (Wildman–Crippen MR) is 85.9 cm³/mol. The van der Waals surface area contributed by atoms with Gasteiger partial charge >= 0.3 is 0 Å². The molecule has 5 heteroatoms. The Morgan fingerprint density at radius 3 is 3.09 bits per heavy atom.